The van der Waals surface area contributed by atoms with Crippen LogP contribution in [0.15, 0.2) is 17.0 Å². The zero-order valence-electron chi connectivity index (χ0n) is 14.8. The minimum atomic E-state index is -4.72. The van der Waals surface area contributed by atoms with E-state index in [0.717, 1.165) is 10.7 Å². The Balaban J connectivity index is 2.43. The Morgan fingerprint density at radius 2 is 2.10 bits per heavy atom. The molecule has 0 bridgehead atoms. The van der Waals surface area contributed by atoms with Gasteiger partial charge in [-0.1, -0.05) is 11.6 Å². The molecule has 0 aliphatic carbocycles. The van der Waals surface area contributed by atoms with Gasteiger partial charge in [0.05, 0.1) is 35.4 Å². The fraction of sp³-hybridized carbons (Fsp3) is 0.353. The number of anilines is 1. The standard InChI is InChI=1S/C17H13ClF3N5O2S/c1-2-29(28)14-12(7-23)25-26-13-10(5-9(6-11(13)18)17(19,20)21)16(8-27,3-4-22)24-15(14)26/h5-6,24,27H,2-3,8H2,1H3. The maximum absolute atomic E-state index is 13.3. The van der Waals surface area contributed by atoms with Gasteiger partial charge in [-0.25, -0.2) is 4.68 Å². The molecule has 1 aliphatic heterocycles. The van der Waals surface area contributed by atoms with Gasteiger partial charge in [-0.2, -0.15) is 23.7 Å². The number of rotatable bonds is 4. The number of alkyl halides is 3. The number of hydrogen-bond acceptors (Lipinski definition) is 6. The van der Waals surface area contributed by atoms with Gasteiger partial charge in [-0.15, -0.1) is 5.10 Å². The van der Waals surface area contributed by atoms with Crippen molar-refractivity contribution in [2.24, 2.45) is 0 Å². The molecule has 0 fully saturated rings. The lowest BCUT2D eigenvalue weighted by Crippen LogP contribution is -2.44. The Kier molecular flexibility index (Phi) is 5.45. The summed E-state index contributed by atoms with van der Waals surface area (Å²) >= 11 is 4.51. The first-order valence-electron chi connectivity index (χ1n) is 8.22. The maximum Gasteiger partial charge on any atom is 0.416 e. The lowest BCUT2D eigenvalue weighted by atomic mass is 9.84. The van der Waals surface area contributed by atoms with Gasteiger partial charge in [0.15, 0.2) is 5.82 Å². The van der Waals surface area contributed by atoms with Crippen LogP contribution in [0.2, 0.25) is 5.02 Å². The van der Waals surface area contributed by atoms with E-state index in [1.807, 2.05) is 12.1 Å². The van der Waals surface area contributed by atoms with Crippen LogP contribution in [0.5, 0.6) is 0 Å². The van der Waals surface area contributed by atoms with E-state index in [1.54, 1.807) is 6.92 Å². The second kappa shape index (κ2) is 7.43. The van der Waals surface area contributed by atoms with E-state index in [2.05, 4.69) is 10.4 Å². The molecule has 2 atom stereocenters. The Hall–Kier alpha value is -2.44. The summed E-state index contributed by atoms with van der Waals surface area (Å²) in [5.74, 6) is 0.188. The number of fused-ring (bicyclic) bond motifs is 3. The van der Waals surface area contributed by atoms with Crippen LogP contribution in [-0.4, -0.2) is 31.8 Å². The van der Waals surface area contributed by atoms with Crippen molar-refractivity contribution < 1.29 is 22.8 Å². The summed E-state index contributed by atoms with van der Waals surface area (Å²) in [5.41, 5.74) is -3.04. The van der Waals surface area contributed by atoms with E-state index >= 15 is 0 Å². The van der Waals surface area contributed by atoms with Crippen LogP contribution in [0.1, 0.15) is 30.2 Å². The third-order valence-corrected chi connectivity index (χ3v) is 6.22. The number of nitrogens with one attached hydrogen (secondary N) is 1. The summed E-state index contributed by atoms with van der Waals surface area (Å²) in [4.78, 5) is 0.0346. The van der Waals surface area contributed by atoms with Crippen LogP contribution >= 0.6 is 11.6 Å². The number of aromatic nitrogens is 2. The Bertz CT molecular complexity index is 1060. The Morgan fingerprint density at radius 1 is 1.41 bits per heavy atom. The van der Waals surface area contributed by atoms with Crippen LogP contribution in [0.4, 0.5) is 19.0 Å². The van der Waals surface area contributed by atoms with Gasteiger partial charge < -0.3 is 15.0 Å². The highest BCUT2D eigenvalue weighted by atomic mass is 35.5. The first-order chi connectivity index (χ1) is 13.6. The predicted octanol–water partition coefficient (Wildman–Crippen LogP) is 3.07. The van der Waals surface area contributed by atoms with Crippen molar-refractivity contribution in [1.82, 2.24) is 9.78 Å². The number of halogens is 4. The van der Waals surface area contributed by atoms with Crippen LogP contribution < -0.4 is 5.32 Å². The van der Waals surface area contributed by atoms with Crippen molar-refractivity contribution in [3.63, 3.8) is 0 Å². The minimum Gasteiger partial charge on any atom is -0.611 e. The highest BCUT2D eigenvalue weighted by Crippen LogP contribution is 2.47. The Morgan fingerprint density at radius 3 is 2.62 bits per heavy atom. The molecular weight excluding hydrogens is 431 g/mol. The van der Waals surface area contributed by atoms with Gasteiger partial charge in [0, 0.05) is 5.56 Å². The second-order valence-corrected chi connectivity index (χ2v) is 8.32. The van der Waals surface area contributed by atoms with Gasteiger partial charge in [0.25, 0.3) is 0 Å². The van der Waals surface area contributed by atoms with E-state index in [0.29, 0.717) is 6.07 Å². The molecule has 152 valence electrons. The fourth-order valence-corrected chi connectivity index (χ4v) is 4.44. The average Bonchev–Trinajstić information content (AvgIpc) is 3.04. The van der Waals surface area contributed by atoms with Crippen LogP contribution in [0.3, 0.4) is 0 Å². The van der Waals surface area contributed by atoms with E-state index < -0.39 is 41.5 Å². The number of nitrogens with zero attached hydrogens (tertiary/aromatic N) is 4. The number of benzene rings is 1. The van der Waals surface area contributed by atoms with Gasteiger partial charge in [0.1, 0.15) is 17.4 Å². The molecule has 2 unspecified atom stereocenters. The van der Waals surface area contributed by atoms with Crippen LogP contribution in [0, 0.1) is 22.7 Å². The van der Waals surface area contributed by atoms with Gasteiger partial charge in [-0.05, 0) is 30.2 Å². The van der Waals surface area contributed by atoms with E-state index in [-0.39, 0.29) is 38.4 Å². The SMILES string of the molecule is CC[S+]([O-])c1c(C#N)nn2c1NC(CO)(CC#N)c1cc(C(F)(F)F)cc(Cl)c1-2. The quantitative estimate of drug-likeness (QED) is 0.700. The fourth-order valence-electron chi connectivity index (χ4n) is 3.20. The maximum atomic E-state index is 13.3. The predicted molar refractivity (Wildman–Crippen MR) is 97.9 cm³/mol. The monoisotopic (exact) mass is 443 g/mol. The first-order valence-corrected chi connectivity index (χ1v) is 9.92. The molecule has 7 nitrogen and oxygen atoms in total. The normalized spacial score (nSPS) is 18.8. The van der Waals surface area contributed by atoms with Crippen molar-refractivity contribution in [3.8, 4) is 17.8 Å². The summed E-state index contributed by atoms with van der Waals surface area (Å²) in [7, 11) is 0. The highest BCUT2D eigenvalue weighted by molar-refractivity contribution is 7.91. The van der Waals surface area contributed by atoms with E-state index in [1.165, 1.54) is 0 Å². The molecule has 0 amide bonds. The third kappa shape index (κ3) is 3.30. The molecule has 1 aromatic heterocycles. The molecule has 2 N–H and O–H groups in total. The van der Waals surface area contributed by atoms with Gasteiger partial charge in [0.2, 0.25) is 10.6 Å². The van der Waals surface area contributed by atoms with E-state index in [4.69, 9.17) is 11.6 Å². The summed E-state index contributed by atoms with van der Waals surface area (Å²) in [6, 6.07) is 5.15. The highest BCUT2D eigenvalue weighted by Gasteiger charge is 2.46. The molecule has 3 rings (SSSR count). The van der Waals surface area contributed by atoms with Crippen molar-refractivity contribution in [2.45, 2.75) is 30.0 Å². The zero-order valence-corrected chi connectivity index (χ0v) is 16.4. The molecule has 0 radical (unpaired) electrons. The van der Waals surface area contributed by atoms with Crippen molar-refractivity contribution >= 4 is 28.6 Å². The molecule has 0 spiro atoms. The minimum absolute atomic E-state index is 0.0198. The number of aliphatic hydroxyl groups excluding tert-OH is 1. The molecule has 2 aromatic rings. The lowest BCUT2D eigenvalue weighted by Gasteiger charge is -2.38. The van der Waals surface area contributed by atoms with Gasteiger partial charge in [-0.3, -0.25) is 0 Å². The average molecular weight is 444 g/mol. The van der Waals surface area contributed by atoms with Crippen molar-refractivity contribution in [3.05, 3.63) is 34.0 Å². The van der Waals surface area contributed by atoms with Crippen molar-refractivity contribution in [1.29, 1.82) is 10.5 Å². The summed E-state index contributed by atoms with van der Waals surface area (Å²) in [6.45, 7) is 0.867. The van der Waals surface area contributed by atoms with Crippen LogP contribution in [-0.2, 0) is 22.9 Å². The second-order valence-electron chi connectivity index (χ2n) is 6.24. The number of nitriles is 2. The topological polar surface area (TPSA) is 121 Å². The summed E-state index contributed by atoms with van der Waals surface area (Å²) in [5, 5.41) is 35.3. The van der Waals surface area contributed by atoms with E-state index in [9.17, 15) is 33.4 Å². The largest absolute Gasteiger partial charge is 0.611 e. The molecular formula is C17H13ClF3N5O2S. The number of aliphatic hydroxyl groups is 1. The smallest absolute Gasteiger partial charge is 0.416 e. The summed E-state index contributed by atoms with van der Waals surface area (Å²) in [6.07, 6.45) is -5.14. The van der Waals surface area contributed by atoms with Gasteiger partial charge >= 0.3 is 6.18 Å². The molecule has 12 heteroatoms. The molecule has 1 aromatic carbocycles. The van der Waals surface area contributed by atoms with Crippen molar-refractivity contribution in [2.75, 3.05) is 17.7 Å². The number of hydrogen-bond donors (Lipinski definition) is 2. The third-order valence-electron chi connectivity index (χ3n) is 4.56. The molecule has 29 heavy (non-hydrogen) atoms. The molecule has 1 aliphatic rings. The zero-order chi connectivity index (χ0) is 21.6. The molecule has 2 heterocycles. The Labute approximate surface area is 171 Å². The lowest BCUT2D eigenvalue weighted by molar-refractivity contribution is -0.137. The molecule has 0 saturated heterocycles. The molecule has 0 saturated carbocycles. The summed E-state index contributed by atoms with van der Waals surface area (Å²) < 4.78 is 53.6. The van der Waals surface area contributed by atoms with Crippen LogP contribution in [0.25, 0.3) is 5.69 Å². The first kappa shape index (κ1) is 21.3.